The Morgan fingerprint density at radius 1 is 0.810 bits per heavy atom. The van der Waals surface area contributed by atoms with Gasteiger partial charge in [0, 0.05) is 33.6 Å². The standard InChI is InChI=1S/C15H16O5.C13H12O5.C2H3.BrH.Mg/c1-4-11(9-6-5-7-10(16)8-9)12-13(17)19-15(2,3)20-14(12)18;1-13(2)17-11(15)10(12(16)18-13)7-8-4-3-5-9(14)6-8;1-2;;/h4-8,11-12,16H,1H2,2-3H3;3-7,14H,1-2H3;1H,2H2;1H;/q;;-1;;+2/p-1. The summed E-state index contributed by atoms with van der Waals surface area (Å²) in [4.78, 5) is 47.4. The van der Waals surface area contributed by atoms with Gasteiger partial charge in [0.25, 0.3) is 11.6 Å². The third-order valence-corrected chi connectivity index (χ3v) is 5.37. The summed E-state index contributed by atoms with van der Waals surface area (Å²) < 4.78 is 20.1. The molecule has 2 aromatic rings. The molecule has 2 aliphatic heterocycles. The minimum Gasteiger partial charge on any atom is -1.00 e. The van der Waals surface area contributed by atoms with Gasteiger partial charge >= 0.3 is 46.9 Å². The molecule has 0 aliphatic carbocycles. The second-order valence-corrected chi connectivity index (χ2v) is 9.41. The summed E-state index contributed by atoms with van der Waals surface area (Å²) in [5, 5.41) is 18.8. The van der Waals surface area contributed by atoms with Crippen LogP contribution in [0.2, 0.25) is 0 Å². The van der Waals surface area contributed by atoms with Crippen LogP contribution in [0.25, 0.3) is 6.08 Å². The quantitative estimate of drug-likeness (QED) is 0.0929. The fourth-order valence-corrected chi connectivity index (χ4v) is 3.78. The van der Waals surface area contributed by atoms with Crippen LogP contribution in [-0.4, -0.2) is 68.7 Å². The number of hydrogen-bond acceptors (Lipinski definition) is 10. The average molecular weight is 656 g/mol. The minimum absolute atomic E-state index is 0. The first kappa shape index (κ1) is 38.4. The van der Waals surface area contributed by atoms with E-state index in [4.69, 9.17) is 18.9 Å². The maximum Gasteiger partial charge on any atom is 2.00 e. The molecule has 2 saturated heterocycles. The first-order valence-corrected chi connectivity index (χ1v) is 12.0. The van der Waals surface area contributed by atoms with Crippen LogP contribution in [0.4, 0.5) is 0 Å². The maximum absolute atomic E-state index is 12.0. The number of carbonyl (C=O) groups is 4. The Hall–Kier alpha value is -3.61. The Balaban J connectivity index is 0.000000726. The monoisotopic (exact) mass is 654 g/mol. The Labute approximate surface area is 270 Å². The van der Waals surface area contributed by atoms with Crippen molar-refractivity contribution in [2.45, 2.75) is 45.2 Å². The number of benzene rings is 2. The smallest absolute Gasteiger partial charge is 1.00 e. The van der Waals surface area contributed by atoms with Crippen LogP contribution in [0, 0.1) is 12.5 Å². The van der Waals surface area contributed by atoms with E-state index in [2.05, 4.69) is 19.7 Å². The van der Waals surface area contributed by atoms with Gasteiger partial charge in [0.15, 0.2) is 5.92 Å². The summed E-state index contributed by atoms with van der Waals surface area (Å²) >= 11 is 0. The van der Waals surface area contributed by atoms with Crippen molar-refractivity contribution in [3.05, 3.63) is 91.0 Å². The van der Waals surface area contributed by atoms with Gasteiger partial charge in [0.2, 0.25) is 0 Å². The molecule has 0 aromatic heterocycles. The average Bonchev–Trinajstić information content (AvgIpc) is 2.84. The van der Waals surface area contributed by atoms with Crippen LogP contribution < -0.4 is 17.0 Å². The molecule has 4 rings (SSSR count). The number of allylic oxidation sites excluding steroid dienone is 1. The summed E-state index contributed by atoms with van der Waals surface area (Å²) in [5.41, 5.74) is 0.914. The largest absolute Gasteiger partial charge is 2.00 e. The zero-order valence-electron chi connectivity index (χ0n) is 23.7. The maximum atomic E-state index is 12.0. The summed E-state index contributed by atoms with van der Waals surface area (Å²) in [5.74, 6) is -6.91. The number of carbonyl (C=O) groups excluding carboxylic acids is 4. The van der Waals surface area contributed by atoms with Gasteiger partial charge in [-0.05, 0) is 41.5 Å². The van der Waals surface area contributed by atoms with Crippen LogP contribution >= 0.6 is 0 Å². The summed E-state index contributed by atoms with van der Waals surface area (Å²) in [6.45, 7) is 16.6. The van der Waals surface area contributed by atoms with E-state index in [1.54, 1.807) is 24.3 Å². The van der Waals surface area contributed by atoms with Gasteiger partial charge in [-0.2, -0.15) is 0 Å². The molecular formula is C30H31BrMgO10. The van der Waals surface area contributed by atoms with E-state index in [1.807, 2.05) is 0 Å². The Bertz CT molecular complexity index is 1290. The molecule has 12 heteroatoms. The zero-order chi connectivity index (χ0) is 30.3. The van der Waals surface area contributed by atoms with Crippen molar-refractivity contribution in [3.63, 3.8) is 0 Å². The molecule has 10 nitrogen and oxygen atoms in total. The van der Waals surface area contributed by atoms with Gasteiger partial charge < -0.3 is 52.7 Å². The van der Waals surface area contributed by atoms with E-state index in [0.29, 0.717) is 11.1 Å². The van der Waals surface area contributed by atoms with Gasteiger partial charge in [-0.3, -0.25) is 16.2 Å². The molecule has 0 amide bonds. The van der Waals surface area contributed by atoms with E-state index in [1.165, 1.54) is 64.1 Å². The third kappa shape index (κ3) is 10.3. The van der Waals surface area contributed by atoms with Crippen molar-refractivity contribution in [2.75, 3.05) is 0 Å². The van der Waals surface area contributed by atoms with Crippen molar-refractivity contribution in [1.82, 2.24) is 0 Å². The van der Waals surface area contributed by atoms with Crippen molar-refractivity contribution < 1.29 is 65.3 Å². The van der Waals surface area contributed by atoms with Crippen LogP contribution in [0.5, 0.6) is 11.5 Å². The number of aromatic hydroxyl groups is 2. The van der Waals surface area contributed by atoms with Crippen LogP contribution in [0.3, 0.4) is 0 Å². The van der Waals surface area contributed by atoms with Crippen LogP contribution in [0.15, 0.2) is 73.3 Å². The number of phenolic OH excluding ortho intramolecular Hbond substituents is 2. The molecule has 1 atom stereocenters. The predicted molar refractivity (Wildman–Crippen MR) is 149 cm³/mol. The summed E-state index contributed by atoms with van der Waals surface area (Å²) in [6, 6.07) is 12.5. The second kappa shape index (κ2) is 16.1. The molecule has 0 radical (unpaired) electrons. The molecule has 1 unspecified atom stereocenters. The molecule has 0 spiro atoms. The molecule has 220 valence electrons. The third-order valence-electron chi connectivity index (χ3n) is 5.37. The first-order chi connectivity index (χ1) is 18.7. The minimum atomic E-state index is -1.25. The van der Waals surface area contributed by atoms with E-state index in [-0.39, 0.29) is 57.1 Å². The summed E-state index contributed by atoms with van der Waals surface area (Å²) in [7, 11) is 0. The Morgan fingerprint density at radius 3 is 1.71 bits per heavy atom. The molecule has 0 bridgehead atoms. The van der Waals surface area contributed by atoms with Crippen molar-refractivity contribution >= 4 is 53.0 Å². The van der Waals surface area contributed by atoms with E-state index in [9.17, 15) is 29.4 Å². The number of halogens is 1. The fourth-order valence-electron chi connectivity index (χ4n) is 3.78. The zero-order valence-corrected chi connectivity index (χ0v) is 26.7. The predicted octanol–water partition coefficient (Wildman–Crippen LogP) is 0.954. The topological polar surface area (TPSA) is 146 Å². The van der Waals surface area contributed by atoms with E-state index < -0.39 is 47.3 Å². The number of rotatable bonds is 4. The molecule has 2 heterocycles. The summed E-state index contributed by atoms with van der Waals surface area (Å²) in [6.07, 6.45) is 2.79. The van der Waals surface area contributed by atoms with Gasteiger partial charge in [-0.1, -0.05) is 30.3 Å². The molecule has 0 saturated carbocycles. The molecule has 2 fully saturated rings. The number of esters is 4. The Morgan fingerprint density at radius 2 is 1.26 bits per heavy atom. The van der Waals surface area contributed by atoms with Gasteiger partial charge in [-0.15, -0.1) is 6.58 Å². The number of ether oxygens (including phenoxy) is 4. The van der Waals surface area contributed by atoms with Gasteiger partial charge in [0.05, 0.1) is 0 Å². The van der Waals surface area contributed by atoms with Crippen LogP contribution in [0.1, 0.15) is 44.7 Å². The molecule has 2 aromatic carbocycles. The number of cyclic esters (lactones) is 4. The van der Waals surface area contributed by atoms with Crippen molar-refractivity contribution in [2.24, 2.45) is 5.92 Å². The fraction of sp³-hybridized carbons (Fsp3) is 0.267. The van der Waals surface area contributed by atoms with Crippen molar-refractivity contribution in [1.29, 1.82) is 0 Å². The van der Waals surface area contributed by atoms with E-state index in [0.717, 1.165) is 0 Å². The second-order valence-electron chi connectivity index (χ2n) is 9.41. The van der Waals surface area contributed by atoms with Crippen LogP contribution in [-0.2, 0) is 38.1 Å². The van der Waals surface area contributed by atoms with Crippen molar-refractivity contribution in [3.8, 4) is 11.5 Å². The SMILES string of the molecule is C=CC(c1cccc(O)c1)C1C(=O)OC(C)(C)OC1=O.CC1(C)OC(=O)C(=Cc2cccc(O)c2)C(=O)O1.[Br-].[CH-]=C.[Mg+2]. The molecular weight excluding hydrogens is 625 g/mol. The normalized spacial score (nSPS) is 17.3. The number of phenols is 2. The molecule has 42 heavy (non-hydrogen) atoms. The molecule has 2 N–H and O–H groups in total. The number of hydrogen-bond donors (Lipinski definition) is 2. The van der Waals surface area contributed by atoms with E-state index >= 15 is 0 Å². The first-order valence-electron chi connectivity index (χ1n) is 12.0. The Kier molecular flexibility index (Phi) is 14.7. The van der Waals surface area contributed by atoms with Gasteiger partial charge in [0.1, 0.15) is 17.1 Å². The molecule has 2 aliphatic rings. The van der Waals surface area contributed by atoms with Gasteiger partial charge in [-0.25, -0.2) is 9.59 Å².